The number of rotatable bonds is 6. The van der Waals surface area contributed by atoms with Gasteiger partial charge in [0.15, 0.2) is 11.5 Å². The van der Waals surface area contributed by atoms with Crippen LogP contribution in [0, 0.1) is 6.92 Å². The molecule has 0 saturated carbocycles. The van der Waals surface area contributed by atoms with Gasteiger partial charge in [-0.15, -0.1) is 0 Å². The summed E-state index contributed by atoms with van der Waals surface area (Å²) in [6.07, 6.45) is 3.64. The van der Waals surface area contributed by atoms with E-state index in [2.05, 4.69) is 33.9 Å². The number of methoxy groups -OCH3 is 2. The lowest BCUT2D eigenvalue weighted by Crippen LogP contribution is -2.22. The van der Waals surface area contributed by atoms with E-state index < -0.39 is 0 Å². The van der Waals surface area contributed by atoms with E-state index >= 15 is 0 Å². The molecule has 0 fully saturated rings. The molecule has 1 aliphatic heterocycles. The summed E-state index contributed by atoms with van der Waals surface area (Å²) in [5.41, 5.74) is 4.92. The molecule has 3 aromatic carbocycles. The number of allylic oxidation sites excluding steroid dienone is 1. The maximum absolute atomic E-state index is 13.3. The van der Waals surface area contributed by atoms with E-state index in [1.807, 2.05) is 37.3 Å². The number of carbonyl (C=O) groups is 1. The zero-order valence-corrected chi connectivity index (χ0v) is 20.8. The standard InChI is InChI=1S/C28H25ClN4O3/c1-17-7-9-18(10-8-17)23-15-24(21-5-4-6-25(35-2)26(21)36-3)33-27(32-23)22(16-30-33)28(34)31-20-13-11-19(29)12-14-20/h4-16,24,32H,1-3H3,(H,31,34). The van der Waals surface area contributed by atoms with Crippen LogP contribution in [-0.4, -0.2) is 29.9 Å². The van der Waals surface area contributed by atoms with Crippen LogP contribution >= 0.6 is 11.6 Å². The van der Waals surface area contributed by atoms with Crippen LogP contribution < -0.4 is 20.1 Å². The Bertz CT molecular complexity index is 1440. The van der Waals surface area contributed by atoms with Gasteiger partial charge in [-0.05, 0) is 48.9 Å². The molecule has 1 amide bonds. The molecule has 0 aliphatic carbocycles. The molecule has 7 nitrogen and oxygen atoms in total. The first-order valence-corrected chi connectivity index (χ1v) is 11.8. The number of aromatic nitrogens is 2. The summed E-state index contributed by atoms with van der Waals surface area (Å²) in [5, 5.41) is 11.5. The first kappa shape index (κ1) is 23.5. The Morgan fingerprint density at radius 2 is 1.78 bits per heavy atom. The Labute approximate surface area is 214 Å². The van der Waals surface area contributed by atoms with E-state index in [0.29, 0.717) is 33.6 Å². The Hall–Kier alpha value is -4.23. The van der Waals surface area contributed by atoms with Crippen molar-refractivity contribution in [1.29, 1.82) is 0 Å². The van der Waals surface area contributed by atoms with Gasteiger partial charge in [-0.2, -0.15) is 5.10 Å². The summed E-state index contributed by atoms with van der Waals surface area (Å²) in [7, 11) is 3.22. The van der Waals surface area contributed by atoms with Crippen molar-refractivity contribution in [3.8, 4) is 11.5 Å². The normalized spacial score (nSPS) is 14.3. The van der Waals surface area contributed by atoms with E-state index in [0.717, 1.165) is 22.4 Å². The third-order valence-electron chi connectivity index (χ3n) is 6.10. The molecule has 2 heterocycles. The molecular weight excluding hydrogens is 476 g/mol. The third-order valence-corrected chi connectivity index (χ3v) is 6.35. The number of hydrogen-bond donors (Lipinski definition) is 2. The molecule has 4 aromatic rings. The number of aryl methyl sites for hydroxylation is 1. The molecule has 0 bridgehead atoms. The molecule has 0 saturated heterocycles. The highest BCUT2D eigenvalue weighted by atomic mass is 35.5. The molecule has 2 N–H and O–H groups in total. The number of para-hydroxylation sites is 1. The average Bonchev–Trinajstić information content (AvgIpc) is 3.33. The zero-order chi connectivity index (χ0) is 25.2. The number of fused-ring (bicyclic) bond motifs is 1. The van der Waals surface area contributed by atoms with Crippen molar-refractivity contribution in [2.45, 2.75) is 13.0 Å². The van der Waals surface area contributed by atoms with Gasteiger partial charge in [0.2, 0.25) is 0 Å². The first-order valence-electron chi connectivity index (χ1n) is 11.4. The van der Waals surface area contributed by atoms with E-state index in [-0.39, 0.29) is 11.9 Å². The molecule has 8 heteroatoms. The van der Waals surface area contributed by atoms with Crippen LogP contribution in [0.1, 0.15) is 33.1 Å². The molecular formula is C28H25ClN4O3. The van der Waals surface area contributed by atoms with Gasteiger partial charge in [-0.3, -0.25) is 4.79 Å². The number of hydrogen-bond acceptors (Lipinski definition) is 5. The minimum Gasteiger partial charge on any atom is -0.493 e. The third kappa shape index (κ3) is 4.41. The second-order valence-corrected chi connectivity index (χ2v) is 8.85. The molecule has 0 spiro atoms. The van der Waals surface area contributed by atoms with Crippen LogP contribution in [0.25, 0.3) is 5.70 Å². The molecule has 36 heavy (non-hydrogen) atoms. The predicted molar refractivity (Wildman–Crippen MR) is 142 cm³/mol. The van der Waals surface area contributed by atoms with Gasteiger partial charge >= 0.3 is 0 Å². The van der Waals surface area contributed by atoms with E-state index in [1.54, 1.807) is 49.4 Å². The SMILES string of the molecule is COc1cccc(C2C=C(c3ccc(C)cc3)Nc3c(C(=O)Nc4ccc(Cl)cc4)cnn32)c1OC. The van der Waals surface area contributed by atoms with Crippen LogP contribution in [0.2, 0.25) is 5.02 Å². The van der Waals surface area contributed by atoms with E-state index in [9.17, 15) is 4.79 Å². The second-order valence-electron chi connectivity index (χ2n) is 8.41. The lowest BCUT2D eigenvalue weighted by atomic mass is 9.99. The molecule has 1 aliphatic rings. The van der Waals surface area contributed by atoms with Crippen molar-refractivity contribution in [3.63, 3.8) is 0 Å². The summed E-state index contributed by atoms with van der Waals surface area (Å²) in [6, 6.07) is 20.6. The fraction of sp³-hybridized carbons (Fsp3) is 0.143. The van der Waals surface area contributed by atoms with Gasteiger partial charge in [0, 0.05) is 22.0 Å². The molecule has 0 radical (unpaired) electrons. The van der Waals surface area contributed by atoms with Crippen molar-refractivity contribution in [1.82, 2.24) is 9.78 Å². The highest BCUT2D eigenvalue weighted by Crippen LogP contribution is 2.41. The van der Waals surface area contributed by atoms with Gasteiger partial charge < -0.3 is 20.1 Å². The Kier molecular flexibility index (Phi) is 6.40. The lowest BCUT2D eigenvalue weighted by Gasteiger charge is -2.27. The maximum Gasteiger partial charge on any atom is 0.261 e. The number of benzene rings is 3. The number of anilines is 2. The minimum absolute atomic E-state index is 0.285. The summed E-state index contributed by atoms with van der Waals surface area (Å²) < 4.78 is 13.0. The Morgan fingerprint density at radius 3 is 2.47 bits per heavy atom. The summed E-state index contributed by atoms with van der Waals surface area (Å²) >= 11 is 5.99. The van der Waals surface area contributed by atoms with Crippen LogP contribution in [0.4, 0.5) is 11.5 Å². The van der Waals surface area contributed by atoms with E-state index in [1.165, 1.54) is 0 Å². The highest BCUT2D eigenvalue weighted by Gasteiger charge is 2.30. The Balaban J connectivity index is 1.60. The number of nitrogens with one attached hydrogen (secondary N) is 2. The fourth-order valence-electron chi connectivity index (χ4n) is 4.26. The summed E-state index contributed by atoms with van der Waals surface area (Å²) in [6.45, 7) is 2.05. The van der Waals surface area contributed by atoms with Crippen molar-refractivity contribution < 1.29 is 14.3 Å². The molecule has 1 atom stereocenters. The van der Waals surface area contributed by atoms with Crippen LogP contribution in [0.5, 0.6) is 11.5 Å². The van der Waals surface area contributed by atoms with E-state index in [4.69, 9.17) is 21.1 Å². The van der Waals surface area contributed by atoms with Crippen LogP contribution in [-0.2, 0) is 0 Å². The highest BCUT2D eigenvalue weighted by molar-refractivity contribution is 6.30. The first-order chi connectivity index (χ1) is 17.5. The zero-order valence-electron chi connectivity index (χ0n) is 20.1. The second kappa shape index (κ2) is 9.79. The fourth-order valence-corrected chi connectivity index (χ4v) is 4.39. The van der Waals surface area contributed by atoms with Crippen molar-refractivity contribution in [2.24, 2.45) is 0 Å². The largest absolute Gasteiger partial charge is 0.493 e. The predicted octanol–water partition coefficient (Wildman–Crippen LogP) is 6.17. The number of halogens is 1. The average molecular weight is 501 g/mol. The maximum atomic E-state index is 13.3. The van der Waals surface area contributed by atoms with Gasteiger partial charge in [-0.1, -0.05) is 53.6 Å². The van der Waals surface area contributed by atoms with Gasteiger partial charge in [0.25, 0.3) is 5.91 Å². The number of ether oxygens (including phenoxy) is 2. The quantitative estimate of drug-likeness (QED) is 0.331. The monoisotopic (exact) mass is 500 g/mol. The molecule has 182 valence electrons. The van der Waals surface area contributed by atoms with Crippen molar-refractivity contribution in [3.05, 3.63) is 106 Å². The van der Waals surface area contributed by atoms with Gasteiger partial charge in [-0.25, -0.2) is 4.68 Å². The summed E-state index contributed by atoms with van der Waals surface area (Å²) in [5.74, 6) is 1.52. The molecule has 1 aromatic heterocycles. The van der Waals surface area contributed by atoms with Gasteiger partial charge in [0.1, 0.15) is 17.4 Å². The topological polar surface area (TPSA) is 77.4 Å². The van der Waals surface area contributed by atoms with Gasteiger partial charge in [0.05, 0.1) is 20.4 Å². The lowest BCUT2D eigenvalue weighted by molar-refractivity contribution is 0.102. The Morgan fingerprint density at radius 1 is 1.03 bits per heavy atom. The molecule has 5 rings (SSSR count). The number of nitrogens with zero attached hydrogens (tertiary/aromatic N) is 2. The molecule has 1 unspecified atom stereocenters. The smallest absolute Gasteiger partial charge is 0.261 e. The van der Waals surface area contributed by atoms with Crippen LogP contribution in [0.3, 0.4) is 0 Å². The summed E-state index contributed by atoms with van der Waals surface area (Å²) in [4.78, 5) is 13.3. The van der Waals surface area contributed by atoms with Crippen molar-refractivity contribution in [2.75, 3.05) is 24.9 Å². The number of amides is 1. The van der Waals surface area contributed by atoms with Crippen LogP contribution in [0.15, 0.2) is 79.0 Å². The minimum atomic E-state index is -0.348. The van der Waals surface area contributed by atoms with Crippen molar-refractivity contribution >= 4 is 34.7 Å². The number of carbonyl (C=O) groups excluding carboxylic acids is 1.